The molecule has 1 aromatic heterocycles. The van der Waals surface area contributed by atoms with Crippen LogP contribution in [0.2, 0.25) is 0 Å². The van der Waals surface area contributed by atoms with Crippen molar-refractivity contribution >= 4 is 39.5 Å². The quantitative estimate of drug-likeness (QED) is 0.0505. The molecule has 0 spiro atoms. The topological polar surface area (TPSA) is 226 Å². The maximum Gasteiger partial charge on any atom is 0.329 e. The Labute approximate surface area is 355 Å². The van der Waals surface area contributed by atoms with Crippen LogP contribution in [-0.4, -0.2) is 113 Å². The lowest BCUT2D eigenvalue weighted by atomic mass is 10.0. The molecule has 1 amide bonds. The number of hydrogen-bond acceptors (Lipinski definition) is 12. The molecule has 338 valence electrons. The Hall–Kier alpha value is -4.16. The number of aliphatic carboxylic acids is 2. The molecule has 2 rings (SSSR count). The predicted molar refractivity (Wildman–Crippen MR) is 226 cm³/mol. The van der Waals surface area contributed by atoms with E-state index in [1.165, 1.54) is 94.7 Å². The Balaban J connectivity index is 1.47. The second-order valence-corrected chi connectivity index (χ2v) is 16.1. The van der Waals surface area contributed by atoms with Crippen LogP contribution in [0.25, 0.3) is 0 Å². The first-order valence-corrected chi connectivity index (χ1v) is 22.8. The molecule has 0 atom stereocenters. The van der Waals surface area contributed by atoms with Gasteiger partial charge in [0, 0.05) is 32.2 Å². The molecule has 0 radical (unpaired) electrons. The maximum atomic E-state index is 12.9. The minimum Gasteiger partial charge on any atom is -0.494 e. The number of carbonyl (C=O) groups is 4. The third kappa shape index (κ3) is 27.6. The number of anilines is 1. The zero-order valence-corrected chi connectivity index (χ0v) is 35.9. The number of nitrogens with one attached hydrogen (secondary N) is 2. The van der Waals surface area contributed by atoms with Crippen molar-refractivity contribution in [2.24, 2.45) is 0 Å². The first-order chi connectivity index (χ1) is 29.1. The Morgan fingerprint density at radius 3 is 1.67 bits per heavy atom. The van der Waals surface area contributed by atoms with E-state index in [1.54, 1.807) is 12.1 Å². The average Bonchev–Trinajstić information content (AvgIpc) is 3.22. The van der Waals surface area contributed by atoms with Crippen molar-refractivity contribution < 1.29 is 61.5 Å². The molecule has 60 heavy (non-hydrogen) atoms. The summed E-state index contributed by atoms with van der Waals surface area (Å²) in [6.45, 7) is 1.82. The molecule has 1 aromatic carbocycles. The number of pyridine rings is 1. The molecular weight excluding hydrogens is 799 g/mol. The monoisotopic (exact) mass is 865 g/mol. The fourth-order valence-electron chi connectivity index (χ4n) is 5.93. The Kier molecular flexibility index (Phi) is 29.1. The van der Waals surface area contributed by atoms with Crippen molar-refractivity contribution in [2.45, 2.75) is 120 Å². The van der Waals surface area contributed by atoms with E-state index in [-0.39, 0.29) is 81.3 Å². The molecule has 0 aliphatic heterocycles. The van der Waals surface area contributed by atoms with Crippen LogP contribution in [0.5, 0.6) is 5.75 Å². The molecule has 17 heteroatoms. The van der Waals surface area contributed by atoms with Gasteiger partial charge in [-0.3, -0.25) is 19.1 Å². The minimum absolute atomic E-state index is 0.0462. The van der Waals surface area contributed by atoms with Gasteiger partial charge in [-0.25, -0.2) is 18.2 Å². The highest BCUT2D eigenvalue weighted by Gasteiger charge is 2.16. The number of nitrogens with zero attached hydrogens (tertiary/aromatic N) is 1. The van der Waals surface area contributed by atoms with Gasteiger partial charge in [-0.05, 0) is 55.7 Å². The number of hydrogen-bond donors (Lipinski definition) is 4. The normalized spacial score (nSPS) is 11.3. The van der Waals surface area contributed by atoms with Crippen LogP contribution in [0, 0.1) is 0 Å². The zero-order valence-electron chi connectivity index (χ0n) is 35.1. The van der Waals surface area contributed by atoms with Crippen LogP contribution in [-0.2, 0) is 43.4 Å². The molecule has 0 saturated carbocycles. The fraction of sp³-hybridized carbons (Fsp3) is 0.651. The standard InChI is InChI=1S/C43H67N3O13S/c47-37(17-16-26-55-29-32-58-35-42(50)51)34-57-31-30-56-28-25-44-43(52)36-19-24-40(45-33-36)46-60(53,54)39-22-20-38(21-23-39)59-27-15-13-11-9-7-5-3-1-2-4-6-8-10-12-14-18-41(48)49/h19-24,33H,1-18,25-32,34-35H2,(H,44,52)(H,45,46)(H,48,49)(H,50,51). The summed E-state index contributed by atoms with van der Waals surface area (Å²) < 4.78 is 55.0. The summed E-state index contributed by atoms with van der Waals surface area (Å²) in [5, 5.41) is 19.8. The number of carbonyl (C=O) groups excluding carboxylic acids is 2. The van der Waals surface area contributed by atoms with Crippen molar-refractivity contribution in [1.82, 2.24) is 10.3 Å². The molecule has 0 aliphatic carbocycles. The lowest BCUT2D eigenvalue weighted by Crippen LogP contribution is -2.28. The highest BCUT2D eigenvalue weighted by Crippen LogP contribution is 2.20. The summed E-state index contributed by atoms with van der Waals surface area (Å²) in [6.07, 6.45) is 19.9. The van der Waals surface area contributed by atoms with Crippen LogP contribution >= 0.6 is 0 Å². The Bertz CT molecular complexity index is 1580. The summed E-state index contributed by atoms with van der Waals surface area (Å²) in [6, 6.07) is 9.09. The number of amides is 1. The van der Waals surface area contributed by atoms with Crippen LogP contribution in [0.1, 0.15) is 126 Å². The Morgan fingerprint density at radius 1 is 0.550 bits per heavy atom. The summed E-state index contributed by atoms with van der Waals surface area (Å²) in [4.78, 5) is 49.4. The third-order valence-electron chi connectivity index (χ3n) is 9.21. The number of sulfonamides is 1. The van der Waals surface area contributed by atoms with Gasteiger partial charge in [0.15, 0.2) is 5.78 Å². The molecular formula is C43H67N3O13S. The summed E-state index contributed by atoms with van der Waals surface area (Å²) in [7, 11) is -3.91. The summed E-state index contributed by atoms with van der Waals surface area (Å²) >= 11 is 0. The molecule has 0 aliphatic rings. The van der Waals surface area contributed by atoms with E-state index >= 15 is 0 Å². The van der Waals surface area contributed by atoms with Gasteiger partial charge in [-0.2, -0.15) is 0 Å². The van der Waals surface area contributed by atoms with Gasteiger partial charge < -0.3 is 39.2 Å². The first kappa shape index (κ1) is 52.0. The number of ether oxygens (including phenoxy) is 5. The van der Waals surface area contributed by atoms with Crippen molar-refractivity contribution in [1.29, 1.82) is 0 Å². The summed E-state index contributed by atoms with van der Waals surface area (Å²) in [5.74, 6) is -1.55. The van der Waals surface area contributed by atoms with Crippen LogP contribution in [0.4, 0.5) is 5.82 Å². The van der Waals surface area contributed by atoms with Crippen LogP contribution in [0.15, 0.2) is 47.5 Å². The second kappa shape index (κ2) is 33.5. The Morgan fingerprint density at radius 2 is 1.10 bits per heavy atom. The molecule has 1 heterocycles. The molecule has 0 unspecified atom stereocenters. The van der Waals surface area contributed by atoms with Gasteiger partial charge in [0.1, 0.15) is 24.8 Å². The largest absolute Gasteiger partial charge is 0.494 e. The highest BCUT2D eigenvalue weighted by atomic mass is 32.2. The minimum atomic E-state index is -3.91. The van der Waals surface area contributed by atoms with E-state index in [2.05, 4.69) is 15.0 Å². The van der Waals surface area contributed by atoms with Gasteiger partial charge in [0.25, 0.3) is 15.9 Å². The number of unbranched alkanes of at least 4 members (excludes halogenated alkanes) is 14. The lowest BCUT2D eigenvalue weighted by Gasteiger charge is -2.10. The third-order valence-corrected chi connectivity index (χ3v) is 10.6. The molecule has 0 bridgehead atoms. The first-order valence-electron chi connectivity index (χ1n) is 21.3. The molecule has 16 nitrogen and oxygen atoms in total. The van der Waals surface area contributed by atoms with E-state index in [0.717, 1.165) is 32.1 Å². The number of ketones is 1. The van der Waals surface area contributed by atoms with E-state index in [0.29, 0.717) is 31.8 Å². The zero-order chi connectivity index (χ0) is 43.5. The van der Waals surface area contributed by atoms with Crippen LogP contribution < -0.4 is 14.8 Å². The van der Waals surface area contributed by atoms with Crippen LogP contribution in [0.3, 0.4) is 0 Å². The number of rotatable bonds is 40. The predicted octanol–water partition coefficient (Wildman–Crippen LogP) is 6.82. The lowest BCUT2D eigenvalue weighted by molar-refractivity contribution is -0.143. The molecule has 0 saturated heterocycles. The van der Waals surface area contributed by atoms with E-state index < -0.39 is 27.9 Å². The molecule has 4 N–H and O–H groups in total. The van der Waals surface area contributed by atoms with E-state index in [1.807, 2.05) is 0 Å². The van der Waals surface area contributed by atoms with Gasteiger partial charge in [0.2, 0.25) is 0 Å². The fourth-order valence-corrected chi connectivity index (χ4v) is 6.94. The molecule has 0 fully saturated rings. The van der Waals surface area contributed by atoms with Gasteiger partial charge in [-0.15, -0.1) is 0 Å². The van der Waals surface area contributed by atoms with Gasteiger partial charge in [0.05, 0.1) is 50.1 Å². The number of carboxylic acids is 2. The second-order valence-electron chi connectivity index (χ2n) is 14.4. The smallest absolute Gasteiger partial charge is 0.329 e. The van der Waals surface area contributed by atoms with Gasteiger partial charge in [-0.1, -0.05) is 83.5 Å². The SMILES string of the molecule is O=C(O)CCCCCCCCCCCCCCCCCOc1ccc(S(=O)(=O)Nc2ccc(C(=O)NCCOCCOCC(=O)CCCOCCOCC(=O)O)cn2)cc1. The van der Waals surface area contributed by atoms with Crippen molar-refractivity contribution in [3.63, 3.8) is 0 Å². The van der Waals surface area contributed by atoms with Gasteiger partial charge >= 0.3 is 11.9 Å². The molecule has 2 aromatic rings. The summed E-state index contributed by atoms with van der Waals surface area (Å²) in [5.41, 5.74) is 0.247. The maximum absolute atomic E-state index is 12.9. The van der Waals surface area contributed by atoms with E-state index in [4.69, 9.17) is 33.9 Å². The number of Topliss-reactive ketones (excluding diaryl/α,β-unsaturated/α-hetero) is 1. The van der Waals surface area contributed by atoms with Crippen molar-refractivity contribution in [3.8, 4) is 5.75 Å². The average molecular weight is 866 g/mol. The number of benzene rings is 1. The van der Waals surface area contributed by atoms with Crippen molar-refractivity contribution in [2.75, 3.05) is 70.7 Å². The van der Waals surface area contributed by atoms with Crippen molar-refractivity contribution in [3.05, 3.63) is 48.2 Å². The number of carboxylic acid groups (broad SMARTS) is 2. The number of aromatic nitrogens is 1. The highest BCUT2D eigenvalue weighted by molar-refractivity contribution is 7.92. The van der Waals surface area contributed by atoms with E-state index in [9.17, 15) is 27.6 Å².